The zero-order chi connectivity index (χ0) is 19.9. The monoisotopic (exact) mass is 383 g/mol. The lowest BCUT2D eigenvalue weighted by Crippen LogP contribution is -2.44. The number of hydrogen-bond donors (Lipinski definition) is 1. The van der Waals surface area contributed by atoms with E-state index in [-0.39, 0.29) is 30.3 Å². The van der Waals surface area contributed by atoms with E-state index in [1.54, 1.807) is 0 Å². The SMILES string of the molecule is CN1CCN(c2ccc(NC(=O)CCCC(=O)c3ccc(F)cc3)cc2)CC1. The molecule has 1 amide bonds. The smallest absolute Gasteiger partial charge is 0.224 e. The fourth-order valence-electron chi connectivity index (χ4n) is 3.23. The molecule has 1 saturated heterocycles. The zero-order valence-corrected chi connectivity index (χ0v) is 16.2. The van der Waals surface area contributed by atoms with E-state index >= 15 is 0 Å². The second-order valence-electron chi connectivity index (χ2n) is 7.17. The predicted molar refractivity (Wildman–Crippen MR) is 109 cm³/mol. The molecule has 0 unspecified atom stereocenters. The Morgan fingerprint density at radius 3 is 2.21 bits per heavy atom. The van der Waals surface area contributed by atoms with Gasteiger partial charge in [-0.2, -0.15) is 0 Å². The minimum absolute atomic E-state index is 0.0793. The van der Waals surface area contributed by atoms with Crippen LogP contribution in [-0.4, -0.2) is 49.8 Å². The fraction of sp³-hybridized carbons (Fsp3) is 0.364. The Kier molecular flexibility index (Phi) is 6.76. The summed E-state index contributed by atoms with van der Waals surface area (Å²) in [5.74, 6) is -0.557. The van der Waals surface area contributed by atoms with Crippen molar-refractivity contribution in [3.63, 3.8) is 0 Å². The molecule has 0 aliphatic carbocycles. The molecule has 28 heavy (non-hydrogen) atoms. The van der Waals surface area contributed by atoms with Crippen LogP contribution in [0, 0.1) is 5.82 Å². The number of Topliss-reactive ketones (excluding diaryl/α,β-unsaturated/α-hetero) is 1. The van der Waals surface area contributed by atoms with E-state index in [0.717, 1.165) is 37.6 Å². The van der Waals surface area contributed by atoms with Gasteiger partial charge in [-0.1, -0.05) is 0 Å². The molecule has 1 aliphatic heterocycles. The number of ketones is 1. The van der Waals surface area contributed by atoms with Gasteiger partial charge in [0, 0.05) is 56.0 Å². The summed E-state index contributed by atoms with van der Waals surface area (Å²) in [7, 11) is 2.13. The molecule has 0 saturated carbocycles. The maximum atomic E-state index is 12.9. The first kappa shape index (κ1) is 20.0. The minimum Gasteiger partial charge on any atom is -0.369 e. The number of halogens is 1. The summed E-state index contributed by atoms with van der Waals surface area (Å²) in [6.07, 6.45) is 0.996. The number of benzene rings is 2. The van der Waals surface area contributed by atoms with Gasteiger partial charge in [-0.3, -0.25) is 9.59 Å². The Bertz CT molecular complexity index is 798. The van der Waals surface area contributed by atoms with Crippen LogP contribution in [0.5, 0.6) is 0 Å². The van der Waals surface area contributed by atoms with E-state index in [4.69, 9.17) is 0 Å². The molecule has 0 radical (unpaired) electrons. The van der Waals surface area contributed by atoms with E-state index in [1.165, 1.54) is 24.3 Å². The molecule has 6 heteroatoms. The van der Waals surface area contributed by atoms with Crippen LogP contribution in [0.2, 0.25) is 0 Å². The normalized spacial score (nSPS) is 14.7. The molecule has 0 aromatic heterocycles. The number of carbonyl (C=O) groups is 2. The van der Waals surface area contributed by atoms with Gasteiger partial charge in [0.2, 0.25) is 5.91 Å². The third kappa shape index (κ3) is 5.63. The first-order chi connectivity index (χ1) is 13.5. The molecule has 1 aliphatic rings. The molecule has 0 spiro atoms. The van der Waals surface area contributed by atoms with Crippen molar-refractivity contribution in [2.45, 2.75) is 19.3 Å². The van der Waals surface area contributed by atoms with Crippen molar-refractivity contribution < 1.29 is 14.0 Å². The number of piperazine rings is 1. The van der Waals surface area contributed by atoms with E-state index in [1.807, 2.05) is 24.3 Å². The van der Waals surface area contributed by atoms with Gasteiger partial charge in [0.25, 0.3) is 0 Å². The third-order valence-electron chi connectivity index (χ3n) is 4.99. The van der Waals surface area contributed by atoms with E-state index < -0.39 is 0 Å². The molecule has 5 nitrogen and oxygen atoms in total. The first-order valence-corrected chi connectivity index (χ1v) is 9.63. The fourth-order valence-corrected chi connectivity index (χ4v) is 3.23. The highest BCUT2D eigenvalue weighted by molar-refractivity contribution is 5.96. The second-order valence-corrected chi connectivity index (χ2v) is 7.17. The lowest BCUT2D eigenvalue weighted by atomic mass is 10.1. The summed E-state index contributed by atoms with van der Waals surface area (Å²) in [6.45, 7) is 4.11. The predicted octanol–water partition coefficient (Wildman–Crippen LogP) is 3.57. The van der Waals surface area contributed by atoms with Crippen molar-refractivity contribution in [1.82, 2.24) is 4.90 Å². The number of nitrogens with zero attached hydrogens (tertiary/aromatic N) is 2. The topological polar surface area (TPSA) is 52.6 Å². The van der Waals surface area contributed by atoms with Gasteiger partial charge in [0.05, 0.1) is 0 Å². The number of amides is 1. The van der Waals surface area contributed by atoms with Crippen molar-refractivity contribution in [2.24, 2.45) is 0 Å². The van der Waals surface area contributed by atoms with Crippen LogP contribution < -0.4 is 10.2 Å². The molecule has 1 N–H and O–H groups in total. The Hall–Kier alpha value is -2.73. The van der Waals surface area contributed by atoms with E-state index in [2.05, 4.69) is 22.2 Å². The zero-order valence-electron chi connectivity index (χ0n) is 16.2. The van der Waals surface area contributed by atoms with Gasteiger partial charge < -0.3 is 15.1 Å². The Labute approximate surface area is 165 Å². The number of likely N-dealkylation sites (N-methyl/N-ethyl adjacent to an activating group) is 1. The maximum absolute atomic E-state index is 12.9. The van der Waals surface area contributed by atoms with Crippen molar-refractivity contribution in [3.05, 3.63) is 59.9 Å². The summed E-state index contributed by atoms with van der Waals surface area (Å²) in [5.41, 5.74) is 2.39. The minimum atomic E-state index is -0.366. The number of rotatable bonds is 7. The van der Waals surface area contributed by atoms with Crippen LogP contribution >= 0.6 is 0 Å². The molecule has 148 valence electrons. The molecule has 1 fully saturated rings. The molecule has 2 aromatic carbocycles. The Morgan fingerprint density at radius 2 is 1.57 bits per heavy atom. The van der Waals surface area contributed by atoms with Gasteiger partial charge in [0.1, 0.15) is 5.82 Å². The van der Waals surface area contributed by atoms with Crippen LogP contribution in [0.15, 0.2) is 48.5 Å². The molecule has 2 aromatic rings. The highest BCUT2D eigenvalue weighted by Gasteiger charge is 2.14. The van der Waals surface area contributed by atoms with Crippen LogP contribution in [0.4, 0.5) is 15.8 Å². The van der Waals surface area contributed by atoms with Gasteiger partial charge in [-0.25, -0.2) is 4.39 Å². The average Bonchev–Trinajstić information content (AvgIpc) is 2.70. The number of anilines is 2. The third-order valence-corrected chi connectivity index (χ3v) is 4.99. The molecular formula is C22H26FN3O2. The van der Waals surface area contributed by atoms with Crippen LogP contribution in [0.25, 0.3) is 0 Å². The van der Waals surface area contributed by atoms with Crippen molar-refractivity contribution in [2.75, 3.05) is 43.4 Å². The van der Waals surface area contributed by atoms with E-state index in [9.17, 15) is 14.0 Å². The molecule has 1 heterocycles. The summed E-state index contributed by atoms with van der Waals surface area (Å²) in [6, 6.07) is 13.4. The van der Waals surface area contributed by atoms with Crippen LogP contribution in [-0.2, 0) is 4.79 Å². The number of nitrogens with one attached hydrogen (secondary N) is 1. The van der Waals surface area contributed by atoms with Crippen molar-refractivity contribution >= 4 is 23.1 Å². The highest BCUT2D eigenvalue weighted by atomic mass is 19.1. The van der Waals surface area contributed by atoms with Gasteiger partial charge in [0.15, 0.2) is 5.78 Å². The van der Waals surface area contributed by atoms with E-state index in [0.29, 0.717) is 12.0 Å². The van der Waals surface area contributed by atoms with Crippen LogP contribution in [0.1, 0.15) is 29.6 Å². The van der Waals surface area contributed by atoms with Crippen molar-refractivity contribution in [3.8, 4) is 0 Å². The summed E-state index contributed by atoms with van der Waals surface area (Å²) in [5, 5.41) is 2.87. The highest BCUT2D eigenvalue weighted by Crippen LogP contribution is 2.19. The van der Waals surface area contributed by atoms with Gasteiger partial charge >= 0.3 is 0 Å². The first-order valence-electron chi connectivity index (χ1n) is 9.63. The van der Waals surface area contributed by atoms with Crippen LogP contribution in [0.3, 0.4) is 0 Å². The Morgan fingerprint density at radius 1 is 0.929 bits per heavy atom. The maximum Gasteiger partial charge on any atom is 0.224 e. The largest absolute Gasteiger partial charge is 0.369 e. The lowest BCUT2D eigenvalue weighted by Gasteiger charge is -2.34. The average molecular weight is 383 g/mol. The number of carbonyl (C=O) groups excluding carboxylic acids is 2. The summed E-state index contributed by atoms with van der Waals surface area (Å²) < 4.78 is 12.9. The molecule has 3 rings (SSSR count). The standard InChI is InChI=1S/C22H26FN3O2/c1-25-13-15-26(16-14-25)20-11-9-19(10-12-20)24-22(28)4-2-3-21(27)17-5-7-18(23)8-6-17/h5-12H,2-4,13-16H2,1H3,(H,24,28). The summed E-state index contributed by atoms with van der Waals surface area (Å²) >= 11 is 0. The Balaban J connectivity index is 1.42. The molecule has 0 bridgehead atoms. The number of hydrogen-bond acceptors (Lipinski definition) is 4. The summed E-state index contributed by atoms with van der Waals surface area (Å²) in [4.78, 5) is 28.8. The van der Waals surface area contributed by atoms with Crippen molar-refractivity contribution in [1.29, 1.82) is 0 Å². The quantitative estimate of drug-likeness (QED) is 0.743. The molecule has 0 atom stereocenters. The molecular weight excluding hydrogens is 357 g/mol. The van der Waals surface area contributed by atoms with Gasteiger partial charge in [-0.15, -0.1) is 0 Å². The van der Waals surface area contributed by atoms with Gasteiger partial charge in [-0.05, 0) is 62.0 Å². The lowest BCUT2D eigenvalue weighted by molar-refractivity contribution is -0.116. The second kappa shape index (κ2) is 9.46.